The Bertz CT molecular complexity index is 276. The van der Waals surface area contributed by atoms with Crippen LogP contribution in [0, 0.1) is 6.92 Å². The van der Waals surface area contributed by atoms with Gasteiger partial charge in [0.1, 0.15) is 5.75 Å². The maximum atomic E-state index is 5.44. The van der Waals surface area contributed by atoms with E-state index in [0.29, 0.717) is 0 Å². The summed E-state index contributed by atoms with van der Waals surface area (Å²) in [7, 11) is 1.68. The highest BCUT2D eigenvalue weighted by molar-refractivity contribution is 7.99. The second kappa shape index (κ2) is 5.14. The van der Waals surface area contributed by atoms with E-state index >= 15 is 0 Å². The Morgan fingerprint density at radius 2 is 2.23 bits per heavy atom. The first-order valence-electron chi connectivity index (χ1n) is 4.25. The van der Waals surface area contributed by atoms with Gasteiger partial charge in [-0.25, -0.2) is 0 Å². The summed E-state index contributed by atoms with van der Waals surface area (Å²) in [5.74, 6) is 1.88. The summed E-state index contributed by atoms with van der Waals surface area (Å²) in [4.78, 5) is 1.28. The molecule has 1 aromatic carbocycles. The van der Waals surface area contributed by atoms with Crippen molar-refractivity contribution in [2.24, 2.45) is 5.73 Å². The van der Waals surface area contributed by atoms with Gasteiger partial charge in [0, 0.05) is 17.2 Å². The molecule has 0 aliphatic rings. The quantitative estimate of drug-likeness (QED) is 0.750. The lowest BCUT2D eigenvalue weighted by Gasteiger charge is -2.06. The number of aryl methyl sites for hydroxylation is 1. The smallest absolute Gasteiger partial charge is 0.119 e. The summed E-state index contributed by atoms with van der Waals surface area (Å²) in [5, 5.41) is 0. The molecule has 3 heteroatoms. The average molecular weight is 197 g/mol. The zero-order valence-electron chi connectivity index (χ0n) is 8.04. The Morgan fingerprint density at radius 3 is 2.77 bits per heavy atom. The Kier molecular flexibility index (Phi) is 4.12. The standard InChI is InChI=1S/C10H15NOS/c1-8-7-9(12-2)3-4-10(8)13-6-5-11/h3-4,7H,5-6,11H2,1-2H3. The second-order valence-electron chi connectivity index (χ2n) is 2.77. The van der Waals surface area contributed by atoms with Gasteiger partial charge in [-0.05, 0) is 30.7 Å². The lowest BCUT2D eigenvalue weighted by Crippen LogP contribution is -2.01. The Labute approximate surface area is 83.5 Å². The molecule has 13 heavy (non-hydrogen) atoms. The fourth-order valence-corrected chi connectivity index (χ4v) is 1.87. The predicted molar refractivity (Wildman–Crippen MR) is 57.5 cm³/mol. The zero-order valence-corrected chi connectivity index (χ0v) is 8.86. The maximum absolute atomic E-state index is 5.44. The first-order valence-corrected chi connectivity index (χ1v) is 5.24. The van der Waals surface area contributed by atoms with Crippen LogP contribution in [0.3, 0.4) is 0 Å². The molecule has 2 N–H and O–H groups in total. The molecule has 0 aliphatic heterocycles. The van der Waals surface area contributed by atoms with Crippen LogP contribution < -0.4 is 10.5 Å². The molecule has 0 radical (unpaired) electrons. The second-order valence-corrected chi connectivity index (χ2v) is 3.91. The molecule has 72 valence electrons. The third kappa shape index (κ3) is 2.94. The number of thioether (sulfide) groups is 1. The van der Waals surface area contributed by atoms with E-state index in [1.807, 2.05) is 12.1 Å². The lowest BCUT2D eigenvalue weighted by molar-refractivity contribution is 0.414. The van der Waals surface area contributed by atoms with E-state index in [-0.39, 0.29) is 0 Å². The fraction of sp³-hybridized carbons (Fsp3) is 0.400. The maximum Gasteiger partial charge on any atom is 0.119 e. The van der Waals surface area contributed by atoms with Gasteiger partial charge in [-0.3, -0.25) is 0 Å². The molecular formula is C10H15NOS. The number of rotatable bonds is 4. The summed E-state index contributed by atoms with van der Waals surface area (Å²) in [6.45, 7) is 2.80. The van der Waals surface area contributed by atoms with Gasteiger partial charge in [-0.15, -0.1) is 11.8 Å². The molecule has 0 atom stereocenters. The highest BCUT2D eigenvalue weighted by Crippen LogP contribution is 2.25. The Morgan fingerprint density at radius 1 is 1.46 bits per heavy atom. The van der Waals surface area contributed by atoms with Gasteiger partial charge in [-0.1, -0.05) is 0 Å². The fourth-order valence-electron chi connectivity index (χ4n) is 1.08. The van der Waals surface area contributed by atoms with Crippen LogP contribution in [-0.4, -0.2) is 19.4 Å². The van der Waals surface area contributed by atoms with Gasteiger partial charge in [0.15, 0.2) is 0 Å². The number of methoxy groups -OCH3 is 1. The van der Waals surface area contributed by atoms with Crippen molar-refractivity contribution in [3.63, 3.8) is 0 Å². The SMILES string of the molecule is COc1ccc(SCCN)c(C)c1. The summed E-state index contributed by atoms with van der Waals surface area (Å²) in [6, 6.07) is 6.10. The molecule has 0 saturated heterocycles. The summed E-state index contributed by atoms with van der Waals surface area (Å²) >= 11 is 1.79. The van der Waals surface area contributed by atoms with Gasteiger partial charge in [-0.2, -0.15) is 0 Å². The van der Waals surface area contributed by atoms with E-state index in [2.05, 4.69) is 13.0 Å². The van der Waals surface area contributed by atoms with E-state index in [1.54, 1.807) is 18.9 Å². The van der Waals surface area contributed by atoms with Gasteiger partial charge in [0.25, 0.3) is 0 Å². The largest absolute Gasteiger partial charge is 0.497 e. The van der Waals surface area contributed by atoms with Crippen LogP contribution in [0.5, 0.6) is 5.75 Å². The van der Waals surface area contributed by atoms with E-state index in [1.165, 1.54) is 10.5 Å². The number of benzene rings is 1. The summed E-state index contributed by atoms with van der Waals surface area (Å²) < 4.78 is 5.12. The molecule has 2 nitrogen and oxygen atoms in total. The van der Waals surface area contributed by atoms with Crippen LogP contribution in [0.1, 0.15) is 5.56 Å². The molecule has 0 saturated carbocycles. The van der Waals surface area contributed by atoms with E-state index < -0.39 is 0 Å². The van der Waals surface area contributed by atoms with Crippen molar-refractivity contribution in [2.75, 3.05) is 19.4 Å². The molecule has 0 heterocycles. The molecule has 0 aliphatic carbocycles. The van der Waals surface area contributed by atoms with Gasteiger partial charge in [0.2, 0.25) is 0 Å². The third-order valence-corrected chi connectivity index (χ3v) is 2.97. The molecule has 1 rings (SSSR count). The summed E-state index contributed by atoms with van der Waals surface area (Å²) in [5.41, 5.74) is 6.68. The zero-order chi connectivity index (χ0) is 9.68. The average Bonchev–Trinajstić information content (AvgIpc) is 2.16. The summed E-state index contributed by atoms with van der Waals surface area (Å²) in [6.07, 6.45) is 0. The van der Waals surface area contributed by atoms with Crippen molar-refractivity contribution in [2.45, 2.75) is 11.8 Å². The minimum absolute atomic E-state index is 0.718. The number of nitrogens with two attached hydrogens (primary N) is 1. The third-order valence-electron chi connectivity index (χ3n) is 1.76. The van der Waals surface area contributed by atoms with Crippen molar-refractivity contribution < 1.29 is 4.74 Å². The normalized spacial score (nSPS) is 10.1. The van der Waals surface area contributed by atoms with Crippen molar-refractivity contribution >= 4 is 11.8 Å². The van der Waals surface area contributed by atoms with E-state index in [9.17, 15) is 0 Å². The van der Waals surface area contributed by atoms with Gasteiger partial charge in [0.05, 0.1) is 7.11 Å². The highest BCUT2D eigenvalue weighted by atomic mass is 32.2. The molecule has 1 aromatic rings. The first-order chi connectivity index (χ1) is 6.27. The molecule has 0 fully saturated rings. The van der Waals surface area contributed by atoms with Crippen LogP contribution in [-0.2, 0) is 0 Å². The number of ether oxygens (including phenoxy) is 1. The van der Waals surface area contributed by atoms with Crippen molar-refractivity contribution in [1.82, 2.24) is 0 Å². The van der Waals surface area contributed by atoms with Crippen LogP contribution in [0.4, 0.5) is 0 Å². The minimum atomic E-state index is 0.718. The Hall–Kier alpha value is -0.670. The van der Waals surface area contributed by atoms with E-state index in [4.69, 9.17) is 10.5 Å². The molecule has 0 spiro atoms. The molecule has 0 amide bonds. The predicted octanol–water partition coefficient (Wildman–Crippen LogP) is 2.05. The van der Waals surface area contributed by atoms with E-state index in [0.717, 1.165) is 18.0 Å². The van der Waals surface area contributed by atoms with Gasteiger partial charge >= 0.3 is 0 Å². The van der Waals surface area contributed by atoms with Crippen LogP contribution in [0.15, 0.2) is 23.1 Å². The minimum Gasteiger partial charge on any atom is -0.497 e. The molecule has 0 unspecified atom stereocenters. The Balaban J connectivity index is 2.73. The van der Waals surface area contributed by atoms with Crippen molar-refractivity contribution in [3.05, 3.63) is 23.8 Å². The molecule has 0 bridgehead atoms. The lowest BCUT2D eigenvalue weighted by atomic mass is 10.2. The number of hydrogen-bond donors (Lipinski definition) is 1. The molecule has 0 aromatic heterocycles. The first kappa shape index (κ1) is 10.4. The van der Waals surface area contributed by atoms with Crippen LogP contribution in [0.2, 0.25) is 0 Å². The molecular weight excluding hydrogens is 182 g/mol. The monoisotopic (exact) mass is 197 g/mol. The van der Waals surface area contributed by atoms with Crippen LogP contribution in [0.25, 0.3) is 0 Å². The topological polar surface area (TPSA) is 35.2 Å². The van der Waals surface area contributed by atoms with Gasteiger partial charge < -0.3 is 10.5 Å². The highest BCUT2D eigenvalue weighted by Gasteiger charge is 1.99. The van der Waals surface area contributed by atoms with Crippen molar-refractivity contribution in [1.29, 1.82) is 0 Å². The van der Waals surface area contributed by atoms with Crippen LogP contribution >= 0.6 is 11.8 Å². The van der Waals surface area contributed by atoms with Crippen molar-refractivity contribution in [3.8, 4) is 5.75 Å². The number of hydrogen-bond acceptors (Lipinski definition) is 3.